The maximum Gasteiger partial charge on any atom is 0.266 e. The molecule has 4 nitrogen and oxygen atoms in total. The summed E-state index contributed by atoms with van der Waals surface area (Å²) >= 11 is 0. The lowest BCUT2D eigenvalue weighted by atomic mass is 10.1. The van der Waals surface area contributed by atoms with E-state index in [9.17, 15) is 4.79 Å². The highest BCUT2D eigenvalue weighted by atomic mass is 16.1. The summed E-state index contributed by atoms with van der Waals surface area (Å²) in [5, 5.41) is 4.13. The highest BCUT2D eigenvalue weighted by molar-refractivity contribution is 5.63. The number of rotatable bonds is 1. The fourth-order valence-electron chi connectivity index (χ4n) is 1.35. The van der Waals surface area contributed by atoms with Crippen LogP contribution in [-0.2, 0) is 7.05 Å². The Morgan fingerprint density at radius 3 is 2.73 bits per heavy atom. The van der Waals surface area contributed by atoms with Crippen molar-refractivity contribution in [3.05, 3.63) is 46.8 Å². The number of hydrogen-bond acceptors (Lipinski definition) is 3. The summed E-state index contributed by atoms with van der Waals surface area (Å²) in [7, 11) is 1.62. The van der Waals surface area contributed by atoms with Crippen LogP contribution in [-0.4, -0.2) is 9.78 Å². The van der Waals surface area contributed by atoms with Gasteiger partial charge in [0.1, 0.15) is 0 Å². The van der Waals surface area contributed by atoms with Gasteiger partial charge in [-0.1, -0.05) is 12.1 Å². The summed E-state index contributed by atoms with van der Waals surface area (Å²) in [6.45, 7) is 0. The quantitative estimate of drug-likeness (QED) is 0.701. The first-order valence-electron chi connectivity index (χ1n) is 4.57. The Morgan fingerprint density at radius 2 is 2.07 bits per heavy atom. The molecule has 0 spiro atoms. The van der Waals surface area contributed by atoms with Crippen molar-refractivity contribution in [2.75, 3.05) is 5.73 Å². The van der Waals surface area contributed by atoms with Gasteiger partial charge < -0.3 is 5.73 Å². The molecule has 2 aromatic rings. The Kier molecular flexibility index (Phi) is 2.25. The van der Waals surface area contributed by atoms with E-state index in [4.69, 9.17) is 5.73 Å². The fraction of sp³-hybridized carbons (Fsp3) is 0.0909. The van der Waals surface area contributed by atoms with E-state index < -0.39 is 0 Å². The average molecular weight is 201 g/mol. The molecule has 1 heterocycles. The molecule has 2 rings (SSSR count). The molecule has 1 aromatic heterocycles. The predicted molar refractivity (Wildman–Crippen MR) is 59.3 cm³/mol. The Hall–Kier alpha value is -2.10. The van der Waals surface area contributed by atoms with Crippen LogP contribution >= 0.6 is 0 Å². The predicted octanol–water partition coefficient (Wildman–Crippen LogP) is 1.03. The van der Waals surface area contributed by atoms with E-state index in [1.807, 2.05) is 24.3 Å². The van der Waals surface area contributed by atoms with Crippen LogP contribution in [0.25, 0.3) is 11.3 Å². The second-order valence-corrected chi connectivity index (χ2v) is 3.31. The molecule has 0 aliphatic heterocycles. The minimum absolute atomic E-state index is 0.123. The smallest absolute Gasteiger partial charge is 0.266 e. The highest BCUT2D eigenvalue weighted by Gasteiger charge is 2.00. The number of nitrogens with zero attached hydrogens (tertiary/aromatic N) is 2. The lowest BCUT2D eigenvalue weighted by Crippen LogP contribution is -2.18. The maximum absolute atomic E-state index is 11.1. The number of nitrogens with two attached hydrogens (primary N) is 1. The summed E-state index contributed by atoms with van der Waals surface area (Å²) in [6, 6.07) is 10.6. The zero-order chi connectivity index (χ0) is 10.8. The van der Waals surface area contributed by atoms with Crippen molar-refractivity contribution in [2.45, 2.75) is 0 Å². The topological polar surface area (TPSA) is 60.9 Å². The summed E-state index contributed by atoms with van der Waals surface area (Å²) in [5.41, 5.74) is 7.88. The average Bonchev–Trinajstić information content (AvgIpc) is 2.22. The van der Waals surface area contributed by atoms with Crippen LogP contribution in [0.3, 0.4) is 0 Å². The third-order valence-electron chi connectivity index (χ3n) is 2.14. The molecule has 0 atom stereocenters. The number of benzene rings is 1. The van der Waals surface area contributed by atoms with Crippen molar-refractivity contribution in [1.29, 1.82) is 0 Å². The fourth-order valence-corrected chi connectivity index (χ4v) is 1.35. The number of anilines is 1. The molecule has 0 amide bonds. The van der Waals surface area contributed by atoms with E-state index in [1.165, 1.54) is 10.7 Å². The number of nitrogen functional groups attached to an aromatic ring is 1. The van der Waals surface area contributed by atoms with E-state index >= 15 is 0 Å². The van der Waals surface area contributed by atoms with Gasteiger partial charge in [0, 0.05) is 24.4 Å². The number of aryl methyl sites for hydroxylation is 1. The van der Waals surface area contributed by atoms with E-state index in [1.54, 1.807) is 13.1 Å². The molecule has 0 unspecified atom stereocenters. The first kappa shape index (κ1) is 9.45. The second kappa shape index (κ2) is 3.57. The van der Waals surface area contributed by atoms with Gasteiger partial charge in [0.25, 0.3) is 5.56 Å². The molecule has 0 radical (unpaired) electrons. The second-order valence-electron chi connectivity index (χ2n) is 3.31. The third-order valence-corrected chi connectivity index (χ3v) is 2.14. The van der Waals surface area contributed by atoms with Crippen LogP contribution in [0.15, 0.2) is 41.2 Å². The van der Waals surface area contributed by atoms with Gasteiger partial charge in [-0.25, -0.2) is 4.68 Å². The van der Waals surface area contributed by atoms with E-state index in [0.29, 0.717) is 5.69 Å². The van der Waals surface area contributed by atoms with Crippen molar-refractivity contribution < 1.29 is 0 Å². The van der Waals surface area contributed by atoms with Gasteiger partial charge in [-0.15, -0.1) is 0 Å². The first-order valence-corrected chi connectivity index (χ1v) is 4.57. The highest BCUT2D eigenvalue weighted by Crippen LogP contribution is 2.17. The molecule has 15 heavy (non-hydrogen) atoms. The van der Waals surface area contributed by atoms with Crippen molar-refractivity contribution in [1.82, 2.24) is 9.78 Å². The molecule has 0 aliphatic carbocycles. The van der Waals surface area contributed by atoms with Crippen LogP contribution in [0.2, 0.25) is 0 Å². The summed E-state index contributed by atoms with van der Waals surface area (Å²) in [6.07, 6.45) is 0. The van der Waals surface area contributed by atoms with Gasteiger partial charge >= 0.3 is 0 Å². The van der Waals surface area contributed by atoms with Crippen molar-refractivity contribution in [3.8, 4) is 11.3 Å². The molecule has 2 N–H and O–H groups in total. The third kappa shape index (κ3) is 1.88. The summed E-state index contributed by atoms with van der Waals surface area (Å²) in [4.78, 5) is 11.1. The zero-order valence-corrected chi connectivity index (χ0v) is 8.34. The molecule has 76 valence electrons. The Balaban J connectivity index is 2.55. The normalized spacial score (nSPS) is 10.2. The molecule has 0 bridgehead atoms. The van der Waals surface area contributed by atoms with Gasteiger partial charge in [0.05, 0.1) is 5.69 Å². The first-order chi connectivity index (χ1) is 7.16. The Morgan fingerprint density at radius 1 is 1.27 bits per heavy atom. The monoisotopic (exact) mass is 201 g/mol. The molecular formula is C11H11N3O. The Bertz CT molecular complexity index is 546. The number of aromatic nitrogens is 2. The molecule has 0 saturated carbocycles. The van der Waals surface area contributed by atoms with E-state index in [0.717, 1.165) is 11.3 Å². The SMILES string of the molecule is Cn1nc(-c2cccc(N)c2)ccc1=O. The van der Waals surface area contributed by atoms with Crippen molar-refractivity contribution in [2.24, 2.45) is 7.05 Å². The lowest BCUT2D eigenvalue weighted by molar-refractivity contribution is 0.712. The number of hydrogen-bond donors (Lipinski definition) is 1. The molecule has 4 heteroatoms. The van der Waals surface area contributed by atoms with E-state index in [2.05, 4.69) is 5.10 Å². The van der Waals surface area contributed by atoms with Gasteiger partial charge in [0.2, 0.25) is 0 Å². The van der Waals surface area contributed by atoms with Crippen molar-refractivity contribution >= 4 is 5.69 Å². The van der Waals surface area contributed by atoms with Crippen molar-refractivity contribution in [3.63, 3.8) is 0 Å². The minimum atomic E-state index is -0.123. The van der Waals surface area contributed by atoms with Crippen LogP contribution in [0, 0.1) is 0 Å². The largest absolute Gasteiger partial charge is 0.399 e. The van der Waals surface area contributed by atoms with Crippen LogP contribution in [0.5, 0.6) is 0 Å². The molecule has 1 aromatic carbocycles. The van der Waals surface area contributed by atoms with Gasteiger partial charge in [-0.05, 0) is 18.2 Å². The van der Waals surface area contributed by atoms with Gasteiger partial charge in [-0.3, -0.25) is 4.79 Å². The minimum Gasteiger partial charge on any atom is -0.399 e. The molecule has 0 fully saturated rings. The van der Waals surface area contributed by atoms with E-state index in [-0.39, 0.29) is 5.56 Å². The molecular weight excluding hydrogens is 190 g/mol. The van der Waals surface area contributed by atoms with Crippen LogP contribution < -0.4 is 11.3 Å². The molecule has 0 aliphatic rings. The Labute approximate surface area is 87.0 Å². The molecule has 0 saturated heterocycles. The van der Waals surface area contributed by atoms with Gasteiger partial charge in [0.15, 0.2) is 0 Å². The lowest BCUT2D eigenvalue weighted by Gasteiger charge is -2.03. The zero-order valence-electron chi connectivity index (χ0n) is 8.34. The van der Waals surface area contributed by atoms with Crippen LogP contribution in [0.4, 0.5) is 5.69 Å². The standard InChI is InChI=1S/C11H11N3O/c1-14-11(15)6-5-10(13-14)8-3-2-4-9(12)7-8/h2-7H,12H2,1H3. The summed E-state index contributed by atoms with van der Waals surface area (Å²) in [5.74, 6) is 0. The van der Waals surface area contributed by atoms with Gasteiger partial charge in [-0.2, -0.15) is 5.10 Å². The maximum atomic E-state index is 11.1. The van der Waals surface area contributed by atoms with Crippen LogP contribution in [0.1, 0.15) is 0 Å². The summed E-state index contributed by atoms with van der Waals surface area (Å²) < 4.78 is 1.30.